The fourth-order valence-electron chi connectivity index (χ4n) is 2.60. The van der Waals surface area contributed by atoms with E-state index < -0.39 is 0 Å². The van der Waals surface area contributed by atoms with Crippen molar-refractivity contribution >= 4 is 5.91 Å². The van der Waals surface area contributed by atoms with Crippen molar-refractivity contribution in [3.8, 4) is 11.5 Å². The molecule has 1 saturated carbocycles. The number of rotatable bonds is 8. The van der Waals surface area contributed by atoms with Gasteiger partial charge in [-0.15, -0.1) is 6.58 Å². The summed E-state index contributed by atoms with van der Waals surface area (Å²) in [5, 5.41) is 2.85. The topological polar surface area (TPSA) is 47.6 Å². The van der Waals surface area contributed by atoms with E-state index in [0.29, 0.717) is 30.4 Å². The number of hydrogen-bond acceptors (Lipinski definition) is 3. The smallest absolute Gasteiger partial charge is 0.220 e. The lowest BCUT2D eigenvalue weighted by atomic mass is 9.90. The SMILES string of the molecule is C=CCNC(=O)CC(c1ccc(OC)c(OC)c1)C1CC1. The van der Waals surface area contributed by atoms with Gasteiger partial charge >= 0.3 is 0 Å². The highest BCUT2D eigenvalue weighted by molar-refractivity contribution is 5.77. The van der Waals surface area contributed by atoms with Crippen molar-refractivity contribution in [1.29, 1.82) is 0 Å². The molecule has 2 rings (SSSR count). The van der Waals surface area contributed by atoms with Crippen LogP contribution in [-0.4, -0.2) is 26.7 Å². The van der Waals surface area contributed by atoms with Crippen molar-refractivity contribution in [3.05, 3.63) is 36.4 Å². The number of nitrogens with one attached hydrogen (secondary N) is 1. The van der Waals surface area contributed by atoms with E-state index in [1.54, 1.807) is 20.3 Å². The van der Waals surface area contributed by atoms with Gasteiger partial charge in [-0.2, -0.15) is 0 Å². The average molecular weight is 289 g/mol. The molecule has 21 heavy (non-hydrogen) atoms. The van der Waals surface area contributed by atoms with Crippen molar-refractivity contribution in [2.75, 3.05) is 20.8 Å². The highest BCUT2D eigenvalue weighted by atomic mass is 16.5. The number of carbonyl (C=O) groups is 1. The van der Waals surface area contributed by atoms with Gasteiger partial charge in [0.15, 0.2) is 11.5 Å². The van der Waals surface area contributed by atoms with Gasteiger partial charge in [0.2, 0.25) is 5.91 Å². The second-order valence-electron chi connectivity index (χ2n) is 5.36. The Morgan fingerprint density at radius 3 is 2.67 bits per heavy atom. The van der Waals surface area contributed by atoms with E-state index in [2.05, 4.69) is 11.9 Å². The maximum absolute atomic E-state index is 12.0. The third kappa shape index (κ3) is 4.00. The summed E-state index contributed by atoms with van der Waals surface area (Å²) in [7, 11) is 3.25. The van der Waals surface area contributed by atoms with Gasteiger partial charge in [-0.1, -0.05) is 12.1 Å². The molecule has 4 nitrogen and oxygen atoms in total. The second kappa shape index (κ2) is 7.16. The molecular weight excluding hydrogens is 266 g/mol. The van der Waals surface area contributed by atoms with Gasteiger partial charge in [0.05, 0.1) is 14.2 Å². The highest BCUT2D eigenvalue weighted by Gasteiger charge is 2.34. The largest absolute Gasteiger partial charge is 0.493 e. The number of amides is 1. The Labute approximate surface area is 126 Å². The lowest BCUT2D eigenvalue weighted by molar-refractivity contribution is -0.121. The van der Waals surface area contributed by atoms with E-state index in [9.17, 15) is 4.79 Å². The highest BCUT2D eigenvalue weighted by Crippen LogP contribution is 2.46. The monoisotopic (exact) mass is 289 g/mol. The molecule has 1 aromatic rings. The van der Waals surface area contributed by atoms with Crippen molar-refractivity contribution in [2.24, 2.45) is 5.92 Å². The summed E-state index contributed by atoms with van der Waals surface area (Å²) in [5.74, 6) is 2.34. The Morgan fingerprint density at radius 1 is 1.38 bits per heavy atom. The van der Waals surface area contributed by atoms with Gasteiger partial charge in [0.25, 0.3) is 0 Å². The van der Waals surface area contributed by atoms with Crippen LogP contribution in [0.1, 0.15) is 30.7 Å². The van der Waals surface area contributed by atoms with Crippen LogP contribution in [0, 0.1) is 5.92 Å². The van der Waals surface area contributed by atoms with Crippen LogP contribution in [-0.2, 0) is 4.79 Å². The summed E-state index contributed by atoms with van der Waals surface area (Å²) in [6.07, 6.45) is 4.58. The molecule has 0 heterocycles. The summed E-state index contributed by atoms with van der Waals surface area (Å²) in [6.45, 7) is 4.13. The van der Waals surface area contributed by atoms with E-state index in [0.717, 1.165) is 5.56 Å². The van der Waals surface area contributed by atoms with Crippen LogP contribution < -0.4 is 14.8 Å². The molecule has 1 N–H and O–H groups in total. The van der Waals surface area contributed by atoms with Crippen molar-refractivity contribution in [1.82, 2.24) is 5.32 Å². The van der Waals surface area contributed by atoms with Crippen LogP contribution in [0.4, 0.5) is 0 Å². The number of ether oxygens (including phenoxy) is 2. The maximum Gasteiger partial charge on any atom is 0.220 e. The molecule has 0 saturated heterocycles. The van der Waals surface area contributed by atoms with Gasteiger partial charge < -0.3 is 14.8 Å². The summed E-state index contributed by atoms with van der Waals surface area (Å²) >= 11 is 0. The minimum Gasteiger partial charge on any atom is -0.493 e. The Hall–Kier alpha value is -1.97. The summed E-state index contributed by atoms with van der Waals surface area (Å²) < 4.78 is 10.6. The van der Waals surface area contributed by atoms with Crippen LogP contribution in [0.25, 0.3) is 0 Å². The molecule has 114 valence electrons. The fraction of sp³-hybridized carbons (Fsp3) is 0.471. The molecule has 0 aromatic heterocycles. The lowest BCUT2D eigenvalue weighted by Gasteiger charge is -2.18. The van der Waals surface area contributed by atoms with E-state index in [4.69, 9.17) is 9.47 Å². The summed E-state index contributed by atoms with van der Waals surface area (Å²) in [5.41, 5.74) is 1.14. The maximum atomic E-state index is 12.0. The number of carbonyl (C=O) groups excluding carboxylic acids is 1. The molecule has 1 amide bonds. The Morgan fingerprint density at radius 2 is 2.10 bits per heavy atom. The van der Waals surface area contributed by atoms with Crippen LogP contribution >= 0.6 is 0 Å². The molecular formula is C17H23NO3. The van der Waals surface area contributed by atoms with Crippen LogP contribution in [0.5, 0.6) is 11.5 Å². The molecule has 0 aliphatic heterocycles. The molecule has 1 aliphatic rings. The van der Waals surface area contributed by atoms with Crippen LogP contribution in [0.15, 0.2) is 30.9 Å². The molecule has 1 fully saturated rings. The Bertz CT molecular complexity index is 509. The molecule has 0 spiro atoms. The molecule has 4 heteroatoms. The first-order valence-electron chi connectivity index (χ1n) is 7.29. The summed E-state index contributed by atoms with van der Waals surface area (Å²) in [4.78, 5) is 12.0. The van der Waals surface area contributed by atoms with Gasteiger partial charge in [0.1, 0.15) is 0 Å². The number of methoxy groups -OCH3 is 2. The third-order valence-electron chi connectivity index (χ3n) is 3.88. The summed E-state index contributed by atoms with van der Waals surface area (Å²) in [6, 6.07) is 5.93. The zero-order valence-electron chi connectivity index (χ0n) is 12.7. The van der Waals surface area contributed by atoms with Gasteiger partial charge in [-0.05, 0) is 42.4 Å². The first-order chi connectivity index (χ1) is 10.2. The Kier molecular flexibility index (Phi) is 5.26. The quantitative estimate of drug-likeness (QED) is 0.749. The van der Waals surface area contributed by atoms with Crippen LogP contribution in [0.2, 0.25) is 0 Å². The third-order valence-corrected chi connectivity index (χ3v) is 3.88. The predicted molar refractivity (Wildman–Crippen MR) is 82.8 cm³/mol. The standard InChI is InChI=1S/C17H23NO3/c1-4-9-18-17(19)11-14(12-5-6-12)13-7-8-15(20-2)16(10-13)21-3/h4,7-8,10,12,14H,1,5-6,9,11H2,2-3H3,(H,18,19). The zero-order valence-corrected chi connectivity index (χ0v) is 12.7. The van der Waals surface area contributed by atoms with Gasteiger partial charge in [0, 0.05) is 13.0 Å². The Balaban J connectivity index is 2.14. The zero-order chi connectivity index (χ0) is 15.2. The predicted octanol–water partition coefficient (Wildman–Crippen LogP) is 2.89. The van der Waals surface area contributed by atoms with Gasteiger partial charge in [-0.25, -0.2) is 0 Å². The number of benzene rings is 1. The molecule has 1 atom stereocenters. The van der Waals surface area contributed by atoms with E-state index >= 15 is 0 Å². The first-order valence-corrected chi connectivity index (χ1v) is 7.29. The molecule has 0 bridgehead atoms. The van der Waals surface area contributed by atoms with Crippen LogP contribution in [0.3, 0.4) is 0 Å². The van der Waals surface area contributed by atoms with E-state index in [-0.39, 0.29) is 11.8 Å². The molecule has 1 aromatic carbocycles. The molecule has 1 unspecified atom stereocenters. The fourth-order valence-corrected chi connectivity index (χ4v) is 2.60. The normalized spacial score (nSPS) is 15.1. The molecule has 1 aliphatic carbocycles. The molecule has 0 radical (unpaired) electrons. The lowest BCUT2D eigenvalue weighted by Crippen LogP contribution is -2.25. The number of hydrogen-bond donors (Lipinski definition) is 1. The van der Waals surface area contributed by atoms with Crippen molar-refractivity contribution in [2.45, 2.75) is 25.2 Å². The second-order valence-corrected chi connectivity index (χ2v) is 5.36. The average Bonchev–Trinajstić information content (AvgIpc) is 3.34. The minimum absolute atomic E-state index is 0.0709. The van der Waals surface area contributed by atoms with E-state index in [1.165, 1.54) is 12.8 Å². The van der Waals surface area contributed by atoms with Crippen molar-refractivity contribution in [3.63, 3.8) is 0 Å². The van der Waals surface area contributed by atoms with Crippen molar-refractivity contribution < 1.29 is 14.3 Å². The minimum atomic E-state index is 0.0709. The first kappa shape index (κ1) is 15.4. The van der Waals surface area contributed by atoms with E-state index in [1.807, 2.05) is 18.2 Å². The van der Waals surface area contributed by atoms with Gasteiger partial charge in [-0.3, -0.25) is 4.79 Å².